The van der Waals surface area contributed by atoms with E-state index in [1.807, 2.05) is 12.1 Å². The summed E-state index contributed by atoms with van der Waals surface area (Å²) < 4.78 is 5.82. The van der Waals surface area contributed by atoms with Gasteiger partial charge in [-0.3, -0.25) is 0 Å². The Morgan fingerprint density at radius 3 is 2.59 bits per heavy atom. The van der Waals surface area contributed by atoms with E-state index < -0.39 is 0 Å². The van der Waals surface area contributed by atoms with Crippen LogP contribution in [0.2, 0.25) is 0 Å². The Morgan fingerprint density at radius 1 is 1.18 bits per heavy atom. The number of rotatable bonds is 3. The average molecular weight is 229 g/mol. The van der Waals surface area contributed by atoms with Crippen LogP contribution in [0.4, 0.5) is 0 Å². The molecule has 1 unspecified atom stereocenters. The normalized spacial score (nSPS) is 12.7. The van der Waals surface area contributed by atoms with E-state index in [0.717, 1.165) is 23.5 Å². The van der Waals surface area contributed by atoms with Crippen LogP contribution >= 0.6 is 0 Å². The Balaban J connectivity index is 2.37. The van der Waals surface area contributed by atoms with Crippen molar-refractivity contribution in [2.45, 2.75) is 33.2 Å². The van der Waals surface area contributed by atoms with Gasteiger partial charge in [0.2, 0.25) is 0 Å². The summed E-state index contributed by atoms with van der Waals surface area (Å²) in [6.45, 7) is 6.26. The Bertz CT molecular complexity index is 513. The molecule has 2 N–H and O–H groups in total. The molecular formula is C15H19NO. The van der Waals surface area contributed by atoms with Crippen molar-refractivity contribution in [2.75, 3.05) is 0 Å². The highest BCUT2D eigenvalue weighted by Gasteiger charge is 2.11. The largest absolute Gasteiger partial charge is 0.459 e. The molecule has 1 atom stereocenters. The molecule has 0 aliphatic heterocycles. The van der Waals surface area contributed by atoms with Crippen molar-refractivity contribution in [3.05, 3.63) is 47.2 Å². The predicted molar refractivity (Wildman–Crippen MR) is 70.8 cm³/mol. The van der Waals surface area contributed by atoms with Crippen LogP contribution in [0.1, 0.15) is 36.3 Å². The Kier molecular flexibility index (Phi) is 3.34. The quantitative estimate of drug-likeness (QED) is 0.864. The van der Waals surface area contributed by atoms with E-state index in [4.69, 9.17) is 10.2 Å². The molecule has 2 heteroatoms. The SMILES string of the molecule is CCC(N)c1ccc(-c2ccc(C)cc2C)o1. The van der Waals surface area contributed by atoms with E-state index in [9.17, 15) is 0 Å². The highest BCUT2D eigenvalue weighted by Crippen LogP contribution is 2.28. The lowest BCUT2D eigenvalue weighted by Crippen LogP contribution is -2.06. The first kappa shape index (κ1) is 11.9. The lowest BCUT2D eigenvalue weighted by molar-refractivity contribution is 0.470. The minimum atomic E-state index is -0.00509. The summed E-state index contributed by atoms with van der Waals surface area (Å²) in [6, 6.07) is 10.3. The van der Waals surface area contributed by atoms with Crippen LogP contribution in [0.3, 0.4) is 0 Å². The summed E-state index contributed by atoms with van der Waals surface area (Å²) >= 11 is 0. The number of furan rings is 1. The van der Waals surface area contributed by atoms with Crippen molar-refractivity contribution in [1.82, 2.24) is 0 Å². The summed E-state index contributed by atoms with van der Waals surface area (Å²) in [7, 11) is 0. The summed E-state index contributed by atoms with van der Waals surface area (Å²) in [6.07, 6.45) is 0.889. The predicted octanol–water partition coefficient (Wildman–Crippen LogP) is 3.97. The fraction of sp³-hybridized carbons (Fsp3) is 0.333. The zero-order valence-corrected chi connectivity index (χ0v) is 10.7. The molecule has 0 spiro atoms. The van der Waals surface area contributed by atoms with E-state index in [1.54, 1.807) is 0 Å². The molecular weight excluding hydrogens is 210 g/mol. The van der Waals surface area contributed by atoms with Gasteiger partial charge >= 0.3 is 0 Å². The van der Waals surface area contributed by atoms with Crippen LogP contribution in [0.15, 0.2) is 34.7 Å². The fourth-order valence-corrected chi connectivity index (χ4v) is 1.99. The van der Waals surface area contributed by atoms with Crippen molar-refractivity contribution in [3.8, 4) is 11.3 Å². The number of nitrogens with two attached hydrogens (primary N) is 1. The molecule has 90 valence electrons. The smallest absolute Gasteiger partial charge is 0.134 e. The van der Waals surface area contributed by atoms with Gasteiger partial charge in [0, 0.05) is 5.56 Å². The minimum Gasteiger partial charge on any atom is -0.459 e. The molecule has 0 amide bonds. The standard InChI is InChI=1S/C15H19NO/c1-4-13(16)15-8-7-14(17-15)12-6-5-10(2)9-11(12)3/h5-9,13H,4,16H2,1-3H3. The Labute approximate surface area is 102 Å². The number of benzene rings is 1. The molecule has 2 nitrogen and oxygen atoms in total. The maximum Gasteiger partial charge on any atom is 0.134 e. The lowest BCUT2D eigenvalue weighted by atomic mass is 10.0. The summed E-state index contributed by atoms with van der Waals surface area (Å²) in [5, 5.41) is 0. The average Bonchev–Trinajstić information content (AvgIpc) is 2.77. The van der Waals surface area contributed by atoms with Crippen LogP contribution in [-0.4, -0.2) is 0 Å². The van der Waals surface area contributed by atoms with Crippen LogP contribution in [0.25, 0.3) is 11.3 Å². The van der Waals surface area contributed by atoms with Crippen LogP contribution < -0.4 is 5.73 Å². The molecule has 0 saturated carbocycles. The summed E-state index contributed by atoms with van der Waals surface area (Å²) in [5.74, 6) is 1.77. The second kappa shape index (κ2) is 4.76. The third-order valence-corrected chi connectivity index (χ3v) is 3.08. The van der Waals surface area contributed by atoms with Gasteiger partial charge in [0.05, 0.1) is 6.04 Å². The second-order valence-corrected chi connectivity index (χ2v) is 4.54. The highest BCUT2D eigenvalue weighted by atomic mass is 16.3. The first-order valence-corrected chi connectivity index (χ1v) is 6.04. The minimum absolute atomic E-state index is 0.00509. The maximum absolute atomic E-state index is 5.95. The monoisotopic (exact) mass is 229 g/mol. The molecule has 0 radical (unpaired) electrons. The van der Waals surface area contributed by atoms with E-state index >= 15 is 0 Å². The first-order chi connectivity index (χ1) is 8.11. The molecule has 2 aromatic rings. The van der Waals surface area contributed by atoms with Gasteiger partial charge in [0.1, 0.15) is 11.5 Å². The summed E-state index contributed by atoms with van der Waals surface area (Å²) in [4.78, 5) is 0. The first-order valence-electron chi connectivity index (χ1n) is 6.04. The van der Waals surface area contributed by atoms with Gasteiger partial charge in [-0.05, 0) is 38.0 Å². The molecule has 1 aromatic carbocycles. The molecule has 0 aliphatic carbocycles. The van der Waals surface area contributed by atoms with Gasteiger partial charge in [0.15, 0.2) is 0 Å². The highest BCUT2D eigenvalue weighted by molar-refractivity contribution is 5.62. The van der Waals surface area contributed by atoms with E-state index in [2.05, 4.69) is 39.0 Å². The van der Waals surface area contributed by atoms with Gasteiger partial charge in [0.25, 0.3) is 0 Å². The van der Waals surface area contributed by atoms with Crippen molar-refractivity contribution in [2.24, 2.45) is 5.73 Å². The zero-order chi connectivity index (χ0) is 12.4. The Hall–Kier alpha value is -1.54. The number of hydrogen-bond acceptors (Lipinski definition) is 2. The maximum atomic E-state index is 5.95. The topological polar surface area (TPSA) is 39.2 Å². The van der Waals surface area contributed by atoms with Gasteiger partial charge in [-0.25, -0.2) is 0 Å². The molecule has 0 bridgehead atoms. The number of hydrogen-bond donors (Lipinski definition) is 1. The van der Waals surface area contributed by atoms with Crippen molar-refractivity contribution >= 4 is 0 Å². The summed E-state index contributed by atoms with van der Waals surface area (Å²) in [5.41, 5.74) is 9.60. The molecule has 0 fully saturated rings. The van der Waals surface area contributed by atoms with E-state index in [0.29, 0.717) is 0 Å². The van der Waals surface area contributed by atoms with E-state index in [1.165, 1.54) is 11.1 Å². The molecule has 17 heavy (non-hydrogen) atoms. The lowest BCUT2D eigenvalue weighted by Gasteiger charge is -2.06. The second-order valence-electron chi connectivity index (χ2n) is 4.54. The molecule has 0 saturated heterocycles. The third kappa shape index (κ3) is 2.42. The zero-order valence-electron chi connectivity index (χ0n) is 10.7. The van der Waals surface area contributed by atoms with Crippen LogP contribution in [0, 0.1) is 13.8 Å². The van der Waals surface area contributed by atoms with Gasteiger partial charge in [-0.15, -0.1) is 0 Å². The number of aryl methyl sites for hydroxylation is 2. The van der Waals surface area contributed by atoms with Crippen molar-refractivity contribution in [1.29, 1.82) is 0 Å². The third-order valence-electron chi connectivity index (χ3n) is 3.08. The van der Waals surface area contributed by atoms with Gasteiger partial charge in [-0.1, -0.05) is 30.7 Å². The molecule has 0 aliphatic rings. The van der Waals surface area contributed by atoms with Crippen LogP contribution in [0.5, 0.6) is 0 Å². The van der Waals surface area contributed by atoms with Gasteiger partial charge < -0.3 is 10.2 Å². The van der Waals surface area contributed by atoms with Crippen LogP contribution in [-0.2, 0) is 0 Å². The van der Waals surface area contributed by atoms with Crippen molar-refractivity contribution in [3.63, 3.8) is 0 Å². The molecule has 2 rings (SSSR count). The molecule has 1 heterocycles. The fourth-order valence-electron chi connectivity index (χ4n) is 1.99. The van der Waals surface area contributed by atoms with E-state index in [-0.39, 0.29) is 6.04 Å². The van der Waals surface area contributed by atoms with Gasteiger partial charge in [-0.2, -0.15) is 0 Å². The Morgan fingerprint density at radius 2 is 1.94 bits per heavy atom. The molecule has 1 aromatic heterocycles. The van der Waals surface area contributed by atoms with Crippen molar-refractivity contribution < 1.29 is 4.42 Å².